The van der Waals surface area contributed by atoms with Crippen molar-refractivity contribution in [3.63, 3.8) is 0 Å². The molecule has 182 valence electrons. The first-order valence-corrected chi connectivity index (χ1v) is 11.7. The molecule has 2 aromatic carbocycles. The first-order valence-electron chi connectivity index (χ1n) is 11.7. The molecule has 5 aromatic rings. The van der Waals surface area contributed by atoms with Gasteiger partial charge in [-0.25, -0.2) is 23.1 Å². The van der Waals surface area contributed by atoms with E-state index in [4.69, 9.17) is 9.84 Å². The van der Waals surface area contributed by atoms with Gasteiger partial charge in [-0.1, -0.05) is 17.3 Å². The number of benzene rings is 2. The minimum atomic E-state index is -0.653. The van der Waals surface area contributed by atoms with Crippen molar-refractivity contribution in [3.05, 3.63) is 84.1 Å². The fourth-order valence-corrected chi connectivity index (χ4v) is 4.56. The topological polar surface area (TPSA) is 70.7 Å². The van der Waals surface area contributed by atoms with Gasteiger partial charge in [0.05, 0.1) is 18.3 Å². The van der Waals surface area contributed by atoms with Crippen molar-refractivity contribution in [2.24, 2.45) is 0 Å². The van der Waals surface area contributed by atoms with Crippen LogP contribution in [0.4, 0.5) is 13.2 Å². The molecular weight excluding hydrogens is 469 g/mol. The molecule has 1 unspecified atom stereocenters. The van der Waals surface area contributed by atoms with Crippen molar-refractivity contribution >= 4 is 10.9 Å². The molecule has 1 atom stereocenters. The third kappa shape index (κ3) is 4.03. The van der Waals surface area contributed by atoms with Gasteiger partial charge in [-0.2, -0.15) is 9.49 Å². The maximum atomic E-state index is 14.4. The molecule has 0 bridgehead atoms. The van der Waals surface area contributed by atoms with Crippen molar-refractivity contribution in [2.45, 2.75) is 32.0 Å². The lowest BCUT2D eigenvalue weighted by Crippen LogP contribution is -2.19. The molecule has 1 fully saturated rings. The summed E-state index contributed by atoms with van der Waals surface area (Å²) in [5.41, 5.74) is 2.65. The molecule has 0 saturated carbocycles. The van der Waals surface area contributed by atoms with Gasteiger partial charge in [0.2, 0.25) is 5.95 Å². The van der Waals surface area contributed by atoms with Crippen molar-refractivity contribution in [2.75, 3.05) is 6.61 Å². The Morgan fingerprint density at radius 3 is 2.64 bits per heavy atom. The van der Waals surface area contributed by atoms with E-state index < -0.39 is 17.6 Å². The predicted molar refractivity (Wildman–Crippen MR) is 126 cm³/mol. The fraction of sp³-hybridized carbons (Fsp3) is 0.231. The third-order valence-electron chi connectivity index (χ3n) is 6.37. The normalized spacial score (nSPS) is 16.0. The largest absolute Gasteiger partial charge is 0.356 e. The zero-order valence-electron chi connectivity index (χ0n) is 19.1. The zero-order valence-corrected chi connectivity index (χ0v) is 19.1. The number of fused-ring (bicyclic) bond motifs is 1. The summed E-state index contributed by atoms with van der Waals surface area (Å²) in [5.74, 6) is -1.88. The van der Waals surface area contributed by atoms with E-state index in [1.165, 1.54) is 29.1 Å². The van der Waals surface area contributed by atoms with Crippen LogP contribution in [0.1, 0.15) is 31.1 Å². The number of halogens is 3. The number of ether oxygens (including phenoxy) is 1. The van der Waals surface area contributed by atoms with Gasteiger partial charge in [-0.3, -0.25) is 0 Å². The van der Waals surface area contributed by atoms with Crippen LogP contribution < -0.4 is 0 Å². The minimum absolute atomic E-state index is 0.103. The Morgan fingerprint density at radius 2 is 1.86 bits per heavy atom. The van der Waals surface area contributed by atoms with Gasteiger partial charge >= 0.3 is 0 Å². The Morgan fingerprint density at radius 1 is 1.00 bits per heavy atom. The lowest BCUT2D eigenvalue weighted by atomic mass is 10.0. The standard InChI is InChI=1S/C26H21F3N6O/c27-20-6-3-7-21(28)19(20)14-34-15-22(31-33-34)25-18-13-16(17-5-4-11-30-26(17)29)9-10-23(18)35(32-25)24-8-1-2-12-36-24/h3-7,9-11,13,15,24H,1-2,8,12,14H2. The zero-order chi connectivity index (χ0) is 24.6. The number of pyridine rings is 1. The Bertz CT molecular complexity index is 1540. The predicted octanol–water partition coefficient (Wildman–Crippen LogP) is 5.52. The van der Waals surface area contributed by atoms with Crippen molar-refractivity contribution < 1.29 is 17.9 Å². The van der Waals surface area contributed by atoms with Crippen molar-refractivity contribution in [1.29, 1.82) is 0 Å². The molecule has 6 rings (SSSR count). The van der Waals surface area contributed by atoms with Crippen LogP contribution in [0.15, 0.2) is 60.9 Å². The highest BCUT2D eigenvalue weighted by Gasteiger charge is 2.24. The van der Waals surface area contributed by atoms with Gasteiger partial charge in [0.25, 0.3) is 0 Å². The number of aromatic nitrogens is 6. The van der Waals surface area contributed by atoms with Gasteiger partial charge in [0, 0.05) is 29.3 Å². The van der Waals surface area contributed by atoms with Crippen LogP contribution in [0.5, 0.6) is 0 Å². The molecule has 4 heterocycles. The smallest absolute Gasteiger partial charge is 0.220 e. The van der Waals surface area contributed by atoms with Crippen LogP contribution in [-0.4, -0.2) is 36.4 Å². The van der Waals surface area contributed by atoms with E-state index in [0.29, 0.717) is 29.1 Å². The molecule has 0 N–H and O–H groups in total. The summed E-state index contributed by atoms with van der Waals surface area (Å²) < 4.78 is 51.9. The van der Waals surface area contributed by atoms with Gasteiger partial charge in [-0.05, 0) is 61.2 Å². The molecule has 0 aliphatic carbocycles. The number of hydrogen-bond donors (Lipinski definition) is 0. The van der Waals surface area contributed by atoms with Gasteiger partial charge in [-0.15, -0.1) is 5.10 Å². The van der Waals surface area contributed by atoms with E-state index in [1.54, 1.807) is 18.3 Å². The second-order valence-electron chi connectivity index (χ2n) is 8.69. The van der Waals surface area contributed by atoms with E-state index in [-0.39, 0.29) is 18.3 Å². The first-order chi connectivity index (χ1) is 17.6. The average Bonchev–Trinajstić information content (AvgIpc) is 3.51. The van der Waals surface area contributed by atoms with Crippen LogP contribution in [0, 0.1) is 17.6 Å². The molecule has 0 radical (unpaired) electrons. The average molecular weight is 490 g/mol. The molecule has 7 nitrogen and oxygen atoms in total. The quantitative estimate of drug-likeness (QED) is 0.304. The van der Waals surface area contributed by atoms with Crippen LogP contribution in [0.3, 0.4) is 0 Å². The minimum Gasteiger partial charge on any atom is -0.356 e. The summed E-state index contributed by atoms with van der Waals surface area (Å²) in [7, 11) is 0. The SMILES string of the molecule is Fc1cccc(F)c1Cn1cc(-c2nn(C3CCCCO3)c3ccc(-c4cccnc4F)cc23)nn1. The van der Waals surface area contributed by atoms with Crippen LogP contribution >= 0.6 is 0 Å². The summed E-state index contributed by atoms with van der Waals surface area (Å²) in [6, 6.07) is 12.6. The second kappa shape index (κ2) is 9.19. The lowest BCUT2D eigenvalue weighted by molar-refractivity contribution is -0.0365. The van der Waals surface area contributed by atoms with Crippen LogP contribution in [0.25, 0.3) is 33.4 Å². The maximum Gasteiger partial charge on any atom is 0.220 e. The Kier molecular flexibility index (Phi) is 5.73. The summed E-state index contributed by atoms with van der Waals surface area (Å²) in [6.45, 7) is 0.521. The van der Waals surface area contributed by atoms with Gasteiger partial charge in [0.15, 0.2) is 6.23 Å². The molecule has 0 spiro atoms. The molecule has 36 heavy (non-hydrogen) atoms. The molecule has 1 saturated heterocycles. The number of hydrogen-bond acceptors (Lipinski definition) is 5. The van der Waals surface area contributed by atoms with E-state index in [1.807, 2.05) is 22.9 Å². The van der Waals surface area contributed by atoms with E-state index in [0.717, 1.165) is 30.2 Å². The number of rotatable bonds is 5. The molecular formula is C26H21F3N6O. The van der Waals surface area contributed by atoms with Crippen LogP contribution in [-0.2, 0) is 11.3 Å². The maximum absolute atomic E-state index is 14.4. The summed E-state index contributed by atoms with van der Waals surface area (Å²) in [5, 5.41) is 13.9. The summed E-state index contributed by atoms with van der Waals surface area (Å²) >= 11 is 0. The molecule has 10 heteroatoms. The number of nitrogens with zero attached hydrogens (tertiary/aromatic N) is 6. The highest BCUT2D eigenvalue weighted by atomic mass is 19.1. The molecule has 1 aliphatic rings. The third-order valence-corrected chi connectivity index (χ3v) is 6.37. The monoisotopic (exact) mass is 490 g/mol. The molecule has 1 aliphatic heterocycles. The van der Waals surface area contributed by atoms with Crippen molar-refractivity contribution in [1.82, 2.24) is 29.8 Å². The summed E-state index contributed by atoms with van der Waals surface area (Å²) in [6.07, 6.45) is 5.58. The summed E-state index contributed by atoms with van der Waals surface area (Å²) in [4.78, 5) is 3.76. The van der Waals surface area contributed by atoms with E-state index >= 15 is 0 Å². The van der Waals surface area contributed by atoms with Crippen LogP contribution in [0.2, 0.25) is 0 Å². The Labute approximate surface area is 204 Å². The highest BCUT2D eigenvalue weighted by Crippen LogP contribution is 2.35. The van der Waals surface area contributed by atoms with E-state index in [9.17, 15) is 13.2 Å². The van der Waals surface area contributed by atoms with Crippen molar-refractivity contribution in [3.8, 4) is 22.5 Å². The Hall–Kier alpha value is -4.05. The lowest BCUT2D eigenvalue weighted by Gasteiger charge is -2.23. The molecule has 0 amide bonds. The Balaban J connectivity index is 1.45. The highest BCUT2D eigenvalue weighted by molar-refractivity contribution is 5.95. The van der Waals surface area contributed by atoms with Gasteiger partial charge in [0.1, 0.15) is 23.0 Å². The van der Waals surface area contributed by atoms with Gasteiger partial charge < -0.3 is 4.74 Å². The second-order valence-corrected chi connectivity index (χ2v) is 8.69. The van der Waals surface area contributed by atoms with E-state index in [2.05, 4.69) is 15.3 Å². The fourth-order valence-electron chi connectivity index (χ4n) is 4.56. The first kappa shape index (κ1) is 22.4. The molecule has 3 aromatic heterocycles.